The van der Waals surface area contributed by atoms with Crippen LogP contribution in [0, 0.1) is 0 Å². The van der Waals surface area contributed by atoms with Crippen LogP contribution in [0.4, 0.5) is 18.9 Å². The average molecular weight is 486 g/mol. The molecule has 2 aromatic heterocycles. The number of carbonyl (C=O) groups excluding carboxylic acids is 1. The predicted molar refractivity (Wildman–Crippen MR) is 122 cm³/mol. The zero-order chi connectivity index (χ0) is 23.9. The van der Waals surface area contributed by atoms with Gasteiger partial charge in [-0.3, -0.25) is 4.79 Å². The van der Waals surface area contributed by atoms with Crippen LogP contribution in [0.5, 0.6) is 0 Å². The van der Waals surface area contributed by atoms with Gasteiger partial charge in [0.1, 0.15) is 5.82 Å². The van der Waals surface area contributed by atoms with Crippen molar-refractivity contribution in [2.75, 3.05) is 5.32 Å². The zero-order valence-electron chi connectivity index (χ0n) is 17.8. The molecule has 2 aromatic carbocycles. The number of hydrogen-bond acceptors (Lipinski definition) is 3. The molecule has 4 aromatic rings. The quantitative estimate of drug-likeness (QED) is 0.386. The Morgan fingerprint density at radius 2 is 1.88 bits per heavy atom. The van der Waals surface area contributed by atoms with Crippen molar-refractivity contribution in [1.29, 1.82) is 0 Å². The average Bonchev–Trinajstić information content (AvgIpc) is 3.45. The third kappa shape index (κ3) is 4.31. The Bertz CT molecular complexity index is 1330. The highest BCUT2D eigenvalue weighted by atomic mass is 35.5. The van der Waals surface area contributed by atoms with Crippen LogP contribution in [-0.4, -0.2) is 25.2 Å². The Labute approximate surface area is 198 Å². The van der Waals surface area contributed by atoms with E-state index in [4.69, 9.17) is 11.6 Å². The zero-order valence-corrected chi connectivity index (χ0v) is 18.6. The Balaban J connectivity index is 1.44. The maximum atomic E-state index is 13.9. The molecule has 1 amide bonds. The lowest BCUT2D eigenvalue weighted by Crippen LogP contribution is -2.20. The van der Waals surface area contributed by atoms with Gasteiger partial charge in [-0.25, -0.2) is 9.67 Å². The van der Waals surface area contributed by atoms with Crippen LogP contribution >= 0.6 is 11.6 Å². The molecule has 0 spiro atoms. The Morgan fingerprint density at radius 3 is 2.62 bits per heavy atom. The highest BCUT2D eigenvalue weighted by Crippen LogP contribution is 2.34. The van der Waals surface area contributed by atoms with Crippen LogP contribution in [0.25, 0.3) is 16.9 Å². The van der Waals surface area contributed by atoms with Gasteiger partial charge in [0.25, 0.3) is 5.91 Å². The van der Waals surface area contributed by atoms with Gasteiger partial charge in [0.15, 0.2) is 5.69 Å². The van der Waals surface area contributed by atoms with Gasteiger partial charge in [-0.2, -0.15) is 18.3 Å². The molecule has 1 aliphatic heterocycles. The summed E-state index contributed by atoms with van der Waals surface area (Å²) in [6.07, 6.45) is 1.18. The van der Waals surface area contributed by atoms with E-state index in [1.807, 2.05) is 12.3 Å². The third-order valence-corrected chi connectivity index (χ3v) is 5.93. The summed E-state index contributed by atoms with van der Waals surface area (Å²) < 4.78 is 44.6. The van der Waals surface area contributed by atoms with Gasteiger partial charge in [0, 0.05) is 35.4 Å². The Kier molecular flexibility index (Phi) is 5.65. The molecule has 0 radical (unpaired) electrons. The van der Waals surface area contributed by atoms with Crippen LogP contribution < -0.4 is 5.32 Å². The van der Waals surface area contributed by atoms with Crippen molar-refractivity contribution >= 4 is 23.2 Å². The maximum absolute atomic E-state index is 13.9. The van der Waals surface area contributed by atoms with E-state index in [9.17, 15) is 18.0 Å². The maximum Gasteiger partial charge on any atom is 0.434 e. The van der Waals surface area contributed by atoms with Gasteiger partial charge in [-0.05, 0) is 49.2 Å². The molecule has 5 rings (SSSR count). The van der Waals surface area contributed by atoms with E-state index >= 15 is 0 Å². The summed E-state index contributed by atoms with van der Waals surface area (Å²) in [5.74, 6) is 0.106. The fraction of sp³-hybridized carbons (Fsp3) is 0.208. The molecule has 174 valence electrons. The summed E-state index contributed by atoms with van der Waals surface area (Å²) >= 11 is 5.84. The number of anilines is 1. The Hall–Kier alpha value is -3.59. The Morgan fingerprint density at radius 1 is 1.09 bits per heavy atom. The number of carbonyl (C=O) groups is 1. The van der Waals surface area contributed by atoms with Gasteiger partial charge in [0.05, 0.1) is 23.1 Å². The summed E-state index contributed by atoms with van der Waals surface area (Å²) in [7, 11) is 0. The monoisotopic (exact) mass is 485 g/mol. The van der Waals surface area contributed by atoms with Crippen molar-refractivity contribution in [2.24, 2.45) is 0 Å². The number of imidazole rings is 1. The van der Waals surface area contributed by atoms with E-state index in [-0.39, 0.29) is 5.69 Å². The van der Waals surface area contributed by atoms with E-state index in [0.717, 1.165) is 49.1 Å². The second-order valence-electron chi connectivity index (χ2n) is 8.02. The number of rotatable bonds is 4. The van der Waals surface area contributed by atoms with E-state index in [0.29, 0.717) is 15.4 Å². The number of amides is 1. The second-order valence-corrected chi connectivity index (χ2v) is 8.46. The second kappa shape index (κ2) is 8.64. The van der Waals surface area contributed by atoms with Crippen LogP contribution in [-0.2, 0) is 19.1 Å². The van der Waals surface area contributed by atoms with E-state index in [1.165, 1.54) is 24.3 Å². The molecule has 3 heterocycles. The SMILES string of the molecule is O=C(Nc1cccc(-c2cn3c(n2)CCCC3)c1)c1cnn(-c2ccc(Cl)cc2)c1C(F)(F)F. The lowest BCUT2D eigenvalue weighted by molar-refractivity contribution is -0.143. The van der Waals surface area contributed by atoms with Crippen molar-refractivity contribution in [3.63, 3.8) is 0 Å². The van der Waals surface area contributed by atoms with Crippen molar-refractivity contribution in [3.05, 3.63) is 83.0 Å². The van der Waals surface area contributed by atoms with Gasteiger partial charge in [0.2, 0.25) is 0 Å². The van der Waals surface area contributed by atoms with Gasteiger partial charge < -0.3 is 9.88 Å². The van der Waals surface area contributed by atoms with Crippen LogP contribution in [0.3, 0.4) is 0 Å². The number of aromatic nitrogens is 4. The van der Waals surface area contributed by atoms with E-state index < -0.39 is 23.3 Å². The summed E-state index contributed by atoms with van der Waals surface area (Å²) in [6.45, 7) is 0.913. The van der Waals surface area contributed by atoms with Gasteiger partial charge in [-0.15, -0.1) is 0 Å². The summed E-state index contributed by atoms with van der Waals surface area (Å²) in [5, 5.41) is 6.77. The molecule has 10 heteroatoms. The van der Waals surface area contributed by atoms with Crippen molar-refractivity contribution in [1.82, 2.24) is 19.3 Å². The number of benzene rings is 2. The molecule has 0 bridgehead atoms. The molecule has 0 aliphatic carbocycles. The fourth-order valence-electron chi connectivity index (χ4n) is 4.07. The molecule has 34 heavy (non-hydrogen) atoms. The fourth-order valence-corrected chi connectivity index (χ4v) is 4.20. The predicted octanol–water partition coefficient (Wildman–Crippen LogP) is 6.00. The van der Waals surface area contributed by atoms with Crippen molar-refractivity contribution in [2.45, 2.75) is 32.0 Å². The lowest BCUT2D eigenvalue weighted by Gasteiger charge is -2.13. The number of nitrogens with one attached hydrogen (secondary N) is 1. The number of fused-ring (bicyclic) bond motifs is 1. The number of halogens is 4. The number of aryl methyl sites for hydroxylation is 2. The largest absolute Gasteiger partial charge is 0.434 e. The highest BCUT2D eigenvalue weighted by molar-refractivity contribution is 6.30. The molecule has 0 fully saturated rings. The first-order valence-corrected chi connectivity index (χ1v) is 11.1. The molecule has 1 aliphatic rings. The molecule has 0 saturated heterocycles. The van der Waals surface area contributed by atoms with Crippen LogP contribution in [0.1, 0.15) is 34.7 Å². The topological polar surface area (TPSA) is 64.7 Å². The van der Waals surface area contributed by atoms with Crippen molar-refractivity contribution < 1.29 is 18.0 Å². The van der Waals surface area contributed by atoms with Crippen LogP contribution in [0.2, 0.25) is 5.02 Å². The molecule has 6 nitrogen and oxygen atoms in total. The summed E-state index contributed by atoms with van der Waals surface area (Å²) in [4.78, 5) is 17.5. The minimum Gasteiger partial charge on any atom is -0.334 e. The minimum atomic E-state index is -4.81. The summed E-state index contributed by atoms with van der Waals surface area (Å²) in [5.41, 5.74) is 0.296. The first kappa shape index (κ1) is 22.2. The summed E-state index contributed by atoms with van der Waals surface area (Å²) in [6, 6.07) is 12.6. The number of alkyl halides is 3. The smallest absolute Gasteiger partial charge is 0.334 e. The first-order valence-electron chi connectivity index (χ1n) is 10.7. The number of nitrogens with zero attached hydrogens (tertiary/aromatic N) is 4. The van der Waals surface area contributed by atoms with Crippen molar-refractivity contribution in [3.8, 4) is 16.9 Å². The van der Waals surface area contributed by atoms with Gasteiger partial charge in [-0.1, -0.05) is 23.7 Å². The molecular weight excluding hydrogens is 467 g/mol. The normalized spacial score (nSPS) is 13.5. The van der Waals surface area contributed by atoms with Gasteiger partial charge >= 0.3 is 6.18 Å². The molecular formula is C24H19ClF3N5O. The minimum absolute atomic E-state index is 0.140. The van der Waals surface area contributed by atoms with E-state index in [2.05, 4.69) is 20.0 Å². The van der Waals surface area contributed by atoms with E-state index in [1.54, 1.807) is 18.2 Å². The highest BCUT2D eigenvalue weighted by Gasteiger charge is 2.40. The molecule has 0 atom stereocenters. The standard InChI is InChI=1S/C24H19ClF3N5O/c25-16-7-9-18(10-8-16)33-22(24(26,27)28)19(13-29-33)23(34)30-17-5-3-4-15(12-17)20-14-32-11-2-1-6-21(32)31-20/h3-5,7-10,12-14H,1-2,6,11H2,(H,30,34). The third-order valence-electron chi connectivity index (χ3n) is 5.68. The molecule has 1 N–H and O–H groups in total. The molecule has 0 unspecified atom stereocenters. The number of hydrogen-bond donors (Lipinski definition) is 1. The first-order chi connectivity index (χ1) is 16.3. The van der Waals surface area contributed by atoms with Crippen LogP contribution in [0.15, 0.2) is 60.9 Å². The molecule has 0 saturated carbocycles. The lowest BCUT2D eigenvalue weighted by atomic mass is 10.1.